The Morgan fingerprint density at radius 2 is 1.81 bits per heavy atom. The molecule has 114 valence electrons. The van der Waals surface area contributed by atoms with Crippen LogP contribution < -0.4 is 15.0 Å². The third kappa shape index (κ3) is 5.49. The second kappa shape index (κ2) is 7.85. The Hall–Kier alpha value is -2.61. The van der Waals surface area contributed by atoms with Crippen LogP contribution in [-0.4, -0.2) is 50.4 Å². The highest BCUT2D eigenvalue weighted by molar-refractivity contribution is 6.02. The molecule has 3 amide bonds. The van der Waals surface area contributed by atoms with Gasteiger partial charge in [-0.15, -0.1) is 0 Å². The van der Waals surface area contributed by atoms with Gasteiger partial charge < -0.3 is 14.6 Å². The average molecular weight is 296 g/mol. The van der Waals surface area contributed by atoms with Gasteiger partial charge in [0.15, 0.2) is 0 Å². The van der Waals surface area contributed by atoms with Gasteiger partial charge in [0.05, 0.1) is 7.11 Å². The van der Waals surface area contributed by atoms with Gasteiger partial charge in [0, 0.05) is 12.7 Å². The van der Waals surface area contributed by atoms with E-state index in [1.54, 1.807) is 24.3 Å². The van der Waals surface area contributed by atoms with Gasteiger partial charge in [-0.3, -0.25) is 15.0 Å². The van der Waals surface area contributed by atoms with E-state index in [2.05, 4.69) is 10.1 Å². The largest absolute Gasteiger partial charge is 0.497 e. The molecule has 0 heterocycles. The van der Waals surface area contributed by atoms with Crippen LogP contribution in [0.2, 0.25) is 0 Å². The van der Waals surface area contributed by atoms with E-state index in [1.165, 1.54) is 19.1 Å². The van der Waals surface area contributed by atoms with E-state index in [9.17, 15) is 14.4 Å². The Morgan fingerprint density at radius 3 is 2.33 bits per heavy atom. The quantitative estimate of drug-likeness (QED) is 0.790. The molecule has 0 saturated carbocycles. The number of carbonyl (C=O) groups is 3. The highest BCUT2D eigenvalue weighted by Crippen LogP contribution is 2.17. The van der Waals surface area contributed by atoms with Crippen molar-refractivity contribution in [2.75, 3.05) is 32.3 Å². The minimum absolute atomic E-state index is 0.505. The topological polar surface area (TPSA) is 105 Å². The summed E-state index contributed by atoms with van der Waals surface area (Å²) in [5.41, 5.74) is 0.563. The van der Waals surface area contributed by atoms with Crippen molar-refractivity contribution in [3.8, 4) is 5.75 Å². The number of hydrogen-bond acceptors (Lipinski definition) is 5. The predicted octanol–water partition coefficient (Wildman–Crippen LogP) is 0.469. The van der Waals surface area contributed by atoms with Crippen molar-refractivity contribution in [2.24, 2.45) is 0 Å². The standard InChI is InChI=1S/C13H16N2O6/c1-15(9-3-5-10(20-2)6-4-9)13(19)14-11(16)7-21-8-12(17)18/h3-6H,7-8H2,1-2H3,(H,17,18)(H,14,16,19). The van der Waals surface area contributed by atoms with Crippen LogP contribution in [0.25, 0.3) is 0 Å². The lowest BCUT2D eigenvalue weighted by Gasteiger charge is -2.17. The second-order valence-electron chi connectivity index (χ2n) is 4.00. The van der Waals surface area contributed by atoms with Crippen molar-refractivity contribution in [2.45, 2.75) is 0 Å². The van der Waals surface area contributed by atoms with Gasteiger partial charge in [-0.05, 0) is 24.3 Å². The SMILES string of the molecule is COc1ccc(N(C)C(=O)NC(=O)COCC(=O)O)cc1. The number of carbonyl (C=O) groups excluding carboxylic acids is 2. The molecule has 1 aromatic carbocycles. The number of nitrogens with one attached hydrogen (secondary N) is 1. The maximum atomic E-state index is 11.8. The number of methoxy groups -OCH3 is 1. The Morgan fingerprint density at radius 1 is 1.19 bits per heavy atom. The third-order valence-corrected chi connectivity index (χ3v) is 2.47. The molecule has 0 aromatic heterocycles. The fourth-order valence-corrected chi connectivity index (χ4v) is 1.39. The number of carboxylic acids is 1. The molecule has 2 N–H and O–H groups in total. The molecule has 1 aromatic rings. The summed E-state index contributed by atoms with van der Waals surface area (Å²) < 4.78 is 9.57. The first kappa shape index (κ1) is 16.4. The number of urea groups is 1. The molecule has 0 aliphatic heterocycles. The van der Waals surface area contributed by atoms with Crippen LogP contribution in [-0.2, 0) is 14.3 Å². The average Bonchev–Trinajstić information content (AvgIpc) is 2.46. The monoisotopic (exact) mass is 296 g/mol. The lowest BCUT2D eigenvalue weighted by atomic mass is 10.3. The maximum Gasteiger partial charge on any atom is 0.329 e. The molecule has 0 spiro atoms. The van der Waals surface area contributed by atoms with Crippen LogP contribution in [0, 0.1) is 0 Å². The molecule has 0 aliphatic rings. The van der Waals surface area contributed by atoms with Gasteiger partial charge in [0.2, 0.25) is 0 Å². The van der Waals surface area contributed by atoms with Crippen LogP contribution in [0.15, 0.2) is 24.3 Å². The lowest BCUT2D eigenvalue weighted by Crippen LogP contribution is -2.42. The number of rotatable bonds is 6. The molecular weight excluding hydrogens is 280 g/mol. The molecule has 0 saturated heterocycles. The van der Waals surface area contributed by atoms with E-state index in [1.807, 2.05) is 0 Å². The van der Waals surface area contributed by atoms with Gasteiger partial charge in [-0.1, -0.05) is 0 Å². The number of hydrogen-bond donors (Lipinski definition) is 2. The van der Waals surface area contributed by atoms with Crippen molar-refractivity contribution in [1.82, 2.24) is 5.32 Å². The number of aliphatic carboxylic acids is 1. The predicted molar refractivity (Wildman–Crippen MR) is 73.4 cm³/mol. The second-order valence-corrected chi connectivity index (χ2v) is 4.00. The summed E-state index contributed by atoms with van der Waals surface area (Å²) in [4.78, 5) is 34.6. The molecule has 0 fully saturated rings. The first-order valence-electron chi connectivity index (χ1n) is 5.95. The molecule has 21 heavy (non-hydrogen) atoms. The van der Waals surface area contributed by atoms with E-state index in [0.29, 0.717) is 11.4 Å². The zero-order chi connectivity index (χ0) is 15.8. The van der Waals surface area contributed by atoms with E-state index >= 15 is 0 Å². The highest BCUT2D eigenvalue weighted by atomic mass is 16.5. The molecule has 0 atom stereocenters. The van der Waals surface area contributed by atoms with Gasteiger partial charge in [0.1, 0.15) is 19.0 Å². The van der Waals surface area contributed by atoms with Gasteiger partial charge in [0.25, 0.3) is 5.91 Å². The van der Waals surface area contributed by atoms with Crippen molar-refractivity contribution >= 4 is 23.6 Å². The summed E-state index contributed by atoms with van der Waals surface area (Å²) in [7, 11) is 3.02. The Bertz CT molecular complexity index is 514. The molecular formula is C13H16N2O6. The summed E-state index contributed by atoms with van der Waals surface area (Å²) in [6.45, 7) is -1.11. The van der Waals surface area contributed by atoms with Crippen LogP contribution in [0.5, 0.6) is 5.75 Å². The molecule has 0 aliphatic carbocycles. The number of ether oxygens (including phenoxy) is 2. The van der Waals surface area contributed by atoms with E-state index < -0.39 is 31.1 Å². The molecule has 0 unspecified atom stereocenters. The Balaban J connectivity index is 2.49. The molecule has 0 bridgehead atoms. The van der Waals surface area contributed by atoms with Gasteiger partial charge >= 0.3 is 12.0 Å². The first-order valence-corrected chi connectivity index (χ1v) is 5.95. The minimum atomic E-state index is -1.19. The van der Waals surface area contributed by atoms with Crippen molar-refractivity contribution in [3.05, 3.63) is 24.3 Å². The van der Waals surface area contributed by atoms with Crippen molar-refractivity contribution < 1.29 is 29.0 Å². The Kier molecular flexibility index (Phi) is 6.15. The molecule has 0 radical (unpaired) electrons. The minimum Gasteiger partial charge on any atom is -0.497 e. The highest BCUT2D eigenvalue weighted by Gasteiger charge is 2.14. The zero-order valence-electron chi connectivity index (χ0n) is 11.7. The summed E-state index contributed by atoms with van der Waals surface area (Å²) in [5.74, 6) is -1.27. The molecule has 8 nitrogen and oxygen atoms in total. The number of imide groups is 1. The number of nitrogens with zero attached hydrogens (tertiary/aromatic N) is 1. The summed E-state index contributed by atoms with van der Waals surface area (Å²) in [5, 5.41) is 10.4. The fraction of sp³-hybridized carbons (Fsp3) is 0.308. The van der Waals surface area contributed by atoms with Crippen molar-refractivity contribution in [1.29, 1.82) is 0 Å². The van der Waals surface area contributed by atoms with E-state index in [4.69, 9.17) is 9.84 Å². The van der Waals surface area contributed by atoms with E-state index in [0.717, 1.165) is 0 Å². The normalized spacial score (nSPS) is 9.81. The van der Waals surface area contributed by atoms with Crippen LogP contribution in [0.4, 0.5) is 10.5 Å². The lowest BCUT2D eigenvalue weighted by molar-refractivity contribution is -0.143. The maximum absolute atomic E-state index is 11.8. The number of anilines is 1. The summed E-state index contributed by atoms with van der Waals surface area (Å²) in [6.07, 6.45) is 0. The third-order valence-electron chi connectivity index (χ3n) is 2.47. The van der Waals surface area contributed by atoms with Gasteiger partial charge in [-0.2, -0.15) is 0 Å². The zero-order valence-corrected chi connectivity index (χ0v) is 11.7. The smallest absolute Gasteiger partial charge is 0.329 e. The Labute approximate surface area is 121 Å². The first-order chi connectivity index (χ1) is 9.93. The molecule has 1 rings (SSSR count). The van der Waals surface area contributed by atoms with Crippen molar-refractivity contribution in [3.63, 3.8) is 0 Å². The fourth-order valence-electron chi connectivity index (χ4n) is 1.39. The molecule has 8 heteroatoms. The summed E-state index contributed by atoms with van der Waals surface area (Å²) >= 11 is 0. The van der Waals surface area contributed by atoms with Gasteiger partial charge in [-0.25, -0.2) is 9.59 Å². The number of amides is 3. The van der Waals surface area contributed by atoms with Crippen LogP contribution in [0.1, 0.15) is 0 Å². The number of benzene rings is 1. The van der Waals surface area contributed by atoms with Crippen LogP contribution >= 0.6 is 0 Å². The van der Waals surface area contributed by atoms with E-state index in [-0.39, 0.29) is 0 Å². The number of carboxylic acid groups (broad SMARTS) is 1. The summed E-state index contributed by atoms with van der Waals surface area (Å²) in [6, 6.07) is 6.02. The van der Waals surface area contributed by atoms with Crippen LogP contribution in [0.3, 0.4) is 0 Å².